The first-order valence-electron chi connectivity index (χ1n) is 5.13. The molecule has 1 aromatic carbocycles. The van der Waals surface area contributed by atoms with E-state index in [1.165, 1.54) is 24.0 Å². The second-order valence-corrected chi connectivity index (χ2v) is 3.24. The van der Waals surface area contributed by atoms with Crippen molar-refractivity contribution in [1.29, 1.82) is 0 Å². The van der Waals surface area contributed by atoms with E-state index in [-0.39, 0.29) is 0 Å². The van der Waals surface area contributed by atoms with Crippen molar-refractivity contribution in [1.82, 2.24) is 0 Å². The topological polar surface area (TPSA) is 0 Å². The van der Waals surface area contributed by atoms with Gasteiger partial charge in [-0.15, -0.1) is 0 Å². The van der Waals surface area contributed by atoms with Crippen molar-refractivity contribution < 1.29 is 0 Å². The van der Waals surface area contributed by atoms with Crippen molar-refractivity contribution in [2.45, 2.75) is 33.1 Å². The molecule has 0 spiro atoms. The minimum atomic E-state index is 1.12. The van der Waals surface area contributed by atoms with Gasteiger partial charge in [0.15, 0.2) is 0 Å². The quantitative estimate of drug-likeness (QED) is 0.645. The summed E-state index contributed by atoms with van der Waals surface area (Å²) in [5.41, 5.74) is 2.81. The molecule has 0 unspecified atom stereocenters. The van der Waals surface area contributed by atoms with E-state index >= 15 is 0 Å². The molecule has 0 heteroatoms. The Labute approximate surface area is 81.3 Å². The fourth-order valence-corrected chi connectivity index (χ4v) is 1.40. The van der Waals surface area contributed by atoms with Gasteiger partial charge in [-0.1, -0.05) is 56.7 Å². The Bertz CT molecular complexity index is 271. The standard InChI is InChI=1S/C13H18/c1-3-5-6-10-13-11-8-7-9-12(13)4-2/h6-11H,3-5H2,1-2H3. The summed E-state index contributed by atoms with van der Waals surface area (Å²) in [5.74, 6) is 0. The zero-order valence-electron chi connectivity index (χ0n) is 8.59. The average Bonchev–Trinajstić information content (AvgIpc) is 2.19. The lowest BCUT2D eigenvalue weighted by Gasteiger charge is -2.01. The third kappa shape index (κ3) is 3.06. The molecule has 0 saturated carbocycles. The van der Waals surface area contributed by atoms with E-state index in [1.54, 1.807) is 0 Å². The van der Waals surface area contributed by atoms with E-state index in [9.17, 15) is 0 Å². The minimum Gasteiger partial charge on any atom is -0.0839 e. The molecule has 0 bridgehead atoms. The third-order valence-corrected chi connectivity index (χ3v) is 2.19. The van der Waals surface area contributed by atoms with E-state index in [1.807, 2.05) is 0 Å². The Balaban J connectivity index is 2.74. The first-order chi connectivity index (χ1) is 6.38. The van der Waals surface area contributed by atoms with Gasteiger partial charge < -0.3 is 0 Å². The molecule has 0 N–H and O–H groups in total. The summed E-state index contributed by atoms with van der Waals surface area (Å²) >= 11 is 0. The van der Waals surface area contributed by atoms with Gasteiger partial charge in [-0.2, -0.15) is 0 Å². The molecule has 0 radical (unpaired) electrons. The van der Waals surface area contributed by atoms with Crippen LogP contribution in [0, 0.1) is 0 Å². The number of benzene rings is 1. The van der Waals surface area contributed by atoms with Crippen LogP contribution in [0.4, 0.5) is 0 Å². The minimum absolute atomic E-state index is 1.12. The Kier molecular flexibility index (Phi) is 4.31. The Morgan fingerprint density at radius 1 is 1.15 bits per heavy atom. The zero-order chi connectivity index (χ0) is 9.52. The molecule has 0 nitrogen and oxygen atoms in total. The molecule has 1 rings (SSSR count). The first kappa shape index (κ1) is 10.0. The van der Waals surface area contributed by atoms with Crippen molar-refractivity contribution in [3.63, 3.8) is 0 Å². The van der Waals surface area contributed by atoms with Gasteiger partial charge in [0, 0.05) is 0 Å². The Hall–Kier alpha value is -1.04. The largest absolute Gasteiger partial charge is 0.0839 e. The molecule has 0 aliphatic carbocycles. The summed E-state index contributed by atoms with van der Waals surface area (Å²) < 4.78 is 0. The smallest absolute Gasteiger partial charge is 0.0228 e. The van der Waals surface area contributed by atoms with Crippen molar-refractivity contribution in [2.75, 3.05) is 0 Å². The summed E-state index contributed by atoms with van der Waals surface area (Å²) in [4.78, 5) is 0. The number of allylic oxidation sites excluding steroid dienone is 1. The molecule has 13 heavy (non-hydrogen) atoms. The monoisotopic (exact) mass is 174 g/mol. The molecule has 0 fully saturated rings. The van der Waals surface area contributed by atoms with E-state index < -0.39 is 0 Å². The molecule has 0 aromatic heterocycles. The van der Waals surface area contributed by atoms with E-state index in [0.717, 1.165) is 6.42 Å². The number of hydrogen-bond donors (Lipinski definition) is 0. The van der Waals surface area contributed by atoms with Crippen LogP contribution in [0.15, 0.2) is 30.3 Å². The Morgan fingerprint density at radius 2 is 1.92 bits per heavy atom. The molecule has 0 amide bonds. The SMILES string of the molecule is CCCC=Cc1ccccc1CC. The lowest BCUT2D eigenvalue weighted by atomic mass is 10.0. The van der Waals surface area contributed by atoms with Crippen molar-refractivity contribution in [2.24, 2.45) is 0 Å². The summed E-state index contributed by atoms with van der Waals surface area (Å²) in [6.07, 6.45) is 8.02. The lowest BCUT2D eigenvalue weighted by molar-refractivity contribution is 0.962. The van der Waals surface area contributed by atoms with Crippen LogP contribution in [0.5, 0.6) is 0 Å². The zero-order valence-corrected chi connectivity index (χ0v) is 8.59. The summed E-state index contributed by atoms with van der Waals surface area (Å²) in [6.45, 7) is 4.41. The predicted molar refractivity (Wildman–Crippen MR) is 59.8 cm³/mol. The molecule has 0 atom stereocenters. The number of hydrogen-bond acceptors (Lipinski definition) is 0. The fourth-order valence-electron chi connectivity index (χ4n) is 1.40. The van der Waals surface area contributed by atoms with Gasteiger partial charge in [0.05, 0.1) is 0 Å². The van der Waals surface area contributed by atoms with Gasteiger partial charge in [-0.25, -0.2) is 0 Å². The van der Waals surface area contributed by atoms with Gasteiger partial charge in [-0.3, -0.25) is 0 Å². The van der Waals surface area contributed by atoms with Gasteiger partial charge >= 0.3 is 0 Å². The van der Waals surface area contributed by atoms with E-state index in [2.05, 4.69) is 50.3 Å². The predicted octanol–water partition coefficient (Wildman–Crippen LogP) is 4.06. The lowest BCUT2D eigenvalue weighted by Crippen LogP contribution is -1.84. The average molecular weight is 174 g/mol. The van der Waals surface area contributed by atoms with Crippen molar-refractivity contribution >= 4 is 6.08 Å². The molecule has 1 aromatic rings. The molecular weight excluding hydrogens is 156 g/mol. The molecule has 0 aliphatic rings. The van der Waals surface area contributed by atoms with Crippen molar-refractivity contribution in [3.05, 3.63) is 41.5 Å². The van der Waals surface area contributed by atoms with Crippen LogP contribution in [0.3, 0.4) is 0 Å². The van der Waals surface area contributed by atoms with Crippen LogP contribution in [0.2, 0.25) is 0 Å². The summed E-state index contributed by atoms with van der Waals surface area (Å²) in [7, 11) is 0. The maximum atomic E-state index is 2.26. The number of aryl methyl sites for hydroxylation is 1. The summed E-state index contributed by atoms with van der Waals surface area (Å²) in [5, 5.41) is 0. The van der Waals surface area contributed by atoms with Crippen LogP contribution in [0.25, 0.3) is 6.08 Å². The van der Waals surface area contributed by atoms with Crippen LogP contribution in [-0.4, -0.2) is 0 Å². The fraction of sp³-hybridized carbons (Fsp3) is 0.385. The van der Waals surface area contributed by atoms with E-state index in [4.69, 9.17) is 0 Å². The van der Waals surface area contributed by atoms with Crippen LogP contribution in [-0.2, 0) is 6.42 Å². The van der Waals surface area contributed by atoms with Crippen LogP contribution < -0.4 is 0 Å². The maximum absolute atomic E-state index is 2.26. The van der Waals surface area contributed by atoms with Crippen molar-refractivity contribution in [3.8, 4) is 0 Å². The molecule has 0 heterocycles. The van der Waals surface area contributed by atoms with Crippen LogP contribution >= 0.6 is 0 Å². The first-order valence-corrected chi connectivity index (χ1v) is 5.13. The highest BCUT2D eigenvalue weighted by Crippen LogP contribution is 2.11. The molecule has 0 saturated heterocycles. The van der Waals surface area contributed by atoms with Gasteiger partial charge in [-0.05, 0) is 24.0 Å². The maximum Gasteiger partial charge on any atom is -0.0228 e. The molecular formula is C13H18. The second kappa shape index (κ2) is 5.58. The molecule has 0 aliphatic heterocycles. The number of unbranched alkanes of at least 4 members (excludes halogenated alkanes) is 1. The van der Waals surface area contributed by atoms with Gasteiger partial charge in [0.25, 0.3) is 0 Å². The highest BCUT2D eigenvalue weighted by molar-refractivity contribution is 5.53. The highest BCUT2D eigenvalue weighted by Gasteiger charge is 1.93. The normalized spacial score (nSPS) is 10.9. The van der Waals surface area contributed by atoms with Crippen LogP contribution in [0.1, 0.15) is 37.8 Å². The summed E-state index contributed by atoms with van der Waals surface area (Å²) in [6, 6.07) is 8.59. The van der Waals surface area contributed by atoms with E-state index in [0.29, 0.717) is 0 Å². The highest BCUT2D eigenvalue weighted by atomic mass is 14.0. The second-order valence-electron chi connectivity index (χ2n) is 3.24. The molecule has 70 valence electrons. The van der Waals surface area contributed by atoms with Gasteiger partial charge in [0.2, 0.25) is 0 Å². The number of rotatable bonds is 4. The van der Waals surface area contributed by atoms with Gasteiger partial charge in [0.1, 0.15) is 0 Å². The third-order valence-electron chi connectivity index (χ3n) is 2.19. The Morgan fingerprint density at radius 3 is 2.62 bits per heavy atom.